The number of aromatic nitrogens is 2. The van der Waals surface area contributed by atoms with Gasteiger partial charge in [-0.15, -0.1) is 0 Å². The molecule has 0 fully saturated rings. The number of benzene rings is 1. The van der Waals surface area contributed by atoms with Gasteiger partial charge in [-0.05, 0) is 39.3 Å². The number of alkyl carbamates (subject to hydrolysis) is 1. The molecule has 1 amide bonds. The third-order valence-corrected chi connectivity index (χ3v) is 3.70. The maximum atomic E-state index is 12.8. The lowest BCUT2D eigenvalue weighted by Crippen LogP contribution is -2.36. The quantitative estimate of drug-likeness (QED) is 0.872. The molecule has 2 rings (SSSR count). The number of rotatable bonds is 6. The first-order valence-electron chi connectivity index (χ1n) is 8.77. The van der Waals surface area contributed by atoms with Gasteiger partial charge in [-0.25, -0.2) is 9.78 Å². The van der Waals surface area contributed by atoms with Gasteiger partial charge >= 0.3 is 6.09 Å². The van der Waals surface area contributed by atoms with Gasteiger partial charge in [-0.1, -0.05) is 25.5 Å². The van der Waals surface area contributed by atoms with E-state index >= 15 is 0 Å². The van der Waals surface area contributed by atoms with E-state index in [2.05, 4.69) is 17.2 Å². The molecule has 0 saturated carbocycles. The second kappa shape index (κ2) is 8.14. The van der Waals surface area contributed by atoms with Crippen LogP contribution in [0.15, 0.2) is 29.1 Å². The first kappa shape index (κ1) is 19.0. The highest BCUT2D eigenvalue weighted by molar-refractivity contribution is 5.77. The maximum absolute atomic E-state index is 12.8. The lowest BCUT2D eigenvalue weighted by atomic mass is 10.2. The van der Waals surface area contributed by atoms with Crippen molar-refractivity contribution < 1.29 is 9.53 Å². The molecular formula is C19H27N3O3. The summed E-state index contributed by atoms with van der Waals surface area (Å²) in [5.41, 5.74) is 0.107. The van der Waals surface area contributed by atoms with Crippen molar-refractivity contribution in [1.29, 1.82) is 0 Å². The average Bonchev–Trinajstić information content (AvgIpc) is 2.53. The Hall–Kier alpha value is -2.37. The second-order valence-corrected chi connectivity index (χ2v) is 7.03. The molecule has 0 aliphatic heterocycles. The van der Waals surface area contributed by atoms with E-state index in [9.17, 15) is 9.59 Å². The Kier molecular flexibility index (Phi) is 6.17. The van der Waals surface area contributed by atoms with E-state index in [-0.39, 0.29) is 5.56 Å². The standard InChI is InChI=1S/C19H27N3O3/c1-5-6-11-16-21-15-10-8-7-9-14(15)17(23)22(16)13-12-20-18(24)25-19(2,3)4/h7-10H,5-6,11-13H2,1-4H3,(H,20,24). The van der Waals surface area contributed by atoms with Crippen molar-refractivity contribution in [2.24, 2.45) is 0 Å². The van der Waals surface area contributed by atoms with Gasteiger partial charge in [0.15, 0.2) is 0 Å². The van der Waals surface area contributed by atoms with Crippen LogP contribution in [0.2, 0.25) is 0 Å². The molecular weight excluding hydrogens is 318 g/mol. The van der Waals surface area contributed by atoms with Crippen molar-refractivity contribution >= 4 is 17.0 Å². The van der Waals surface area contributed by atoms with E-state index < -0.39 is 11.7 Å². The minimum atomic E-state index is -0.544. The second-order valence-electron chi connectivity index (χ2n) is 7.03. The molecule has 6 heteroatoms. The van der Waals surface area contributed by atoms with Crippen LogP contribution in [0, 0.1) is 0 Å². The fourth-order valence-corrected chi connectivity index (χ4v) is 2.55. The molecule has 1 N–H and O–H groups in total. The van der Waals surface area contributed by atoms with Crippen LogP contribution in [-0.4, -0.2) is 27.8 Å². The Labute approximate surface area is 148 Å². The van der Waals surface area contributed by atoms with Crippen molar-refractivity contribution in [3.8, 4) is 0 Å². The molecule has 0 saturated heterocycles. The van der Waals surface area contributed by atoms with Gasteiger partial charge in [0.05, 0.1) is 10.9 Å². The van der Waals surface area contributed by atoms with Gasteiger partial charge in [0.2, 0.25) is 0 Å². The number of carbonyl (C=O) groups excluding carboxylic acids is 1. The number of unbranched alkanes of at least 4 members (excludes halogenated alkanes) is 1. The number of ether oxygens (including phenoxy) is 1. The number of para-hydroxylation sites is 1. The van der Waals surface area contributed by atoms with Gasteiger partial charge in [-0.2, -0.15) is 0 Å². The summed E-state index contributed by atoms with van der Waals surface area (Å²) in [7, 11) is 0. The Bertz CT molecular complexity index is 791. The van der Waals surface area contributed by atoms with Crippen molar-refractivity contribution in [3.05, 3.63) is 40.4 Å². The Balaban J connectivity index is 2.19. The highest BCUT2D eigenvalue weighted by Gasteiger charge is 2.16. The number of fused-ring (bicyclic) bond motifs is 1. The highest BCUT2D eigenvalue weighted by atomic mass is 16.6. The Morgan fingerprint density at radius 2 is 2.00 bits per heavy atom. The van der Waals surface area contributed by atoms with Gasteiger partial charge in [0.25, 0.3) is 5.56 Å². The lowest BCUT2D eigenvalue weighted by Gasteiger charge is -2.20. The summed E-state index contributed by atoms with van der Waals surface area (Å²) in [5, 5.41) is 3.29. The van der Waals surface area contributed by atoms with Gasteiger partial charge in [-0.3, -0.25) is 9.36 Å². The maximum Gasteiger partial charge on any atom is 0.407 e. The molecule has 0 atom stereocenters. The van der Waals surface area contributed by atoms with Crippen LogP contribution in [0.5, 0.6) is 0 Å². The predicted octanol–water partition coefficient (Wildman–Crippen LogP) is 3.26. The summed E-state index contributed by atoms with van der Waals surface area (Å²) >= 11 is 0. The van der Waals surface area contributed by atoms with Crippen molar-refractivity contribution in [3.63, 3.8) is 0 Å². The van der Waals surface area contributed by atoms with E-state index in [1.54, 1.807) is 10.6 Å². The van der Waals surface area contributed by atoms with E-state index in [4.69, 9.17) is 4.74 Å². The zero-order valence-corrected chi connectivity index (χ0v) is 15.5. The predicted molar refractivity (Wildman–Crippen MR) is 98.9 cm³/mol. The number of nitrogens with zero attached hydrogens (tertiary/aromatic N) is 2. The first-order valence-corrected chi connectivity index (χ1v) is 8.77. The molecule has 0 aliphatic carbocycles. The van der Waals surface area contributed by atoms with Crippen LogP contribution in [0.3, 0.4) is 0 Å². The van der Waals surface area contributed by atoms with Crippen LogP contribution >= 0.6 is 0 Å². The Morgan fingerprint density at radius 3 is 2.68 bits per heavy atom. The van der Waals surface area contributed by atoms with Gasteiger partial charge < -0.3 is 10.1 Å². The number of carbonyl (C=O) groups is 1. The third-order valence-electron chi connectivity index (χ3n) is 3.70. The van der Waals surface area contributed by atoms with E-state index in [1.807, 2.05) is 39.0 Å². The molecule has 0 radical (unpaired) electrons. The van der Waals surface area contributed by atoms with Crippen LogP contribution in [0.25, 0.3) is 10.9 Å². The molecule has 2 aromatic rings. The molecule has 1 aromatic heterocycles. The first-order chi connectivity index (χ1) is 11.8. The third kappa shape index (κ3) is 5.31. The molecule has 1 heterocycles. The molecule has 6 nitrogen and oxygen atoms in total. The summed E-state index contributed by atoms with van der Waals surface area (Å²) in [6.07, 6.45) is 2.25. The summed E-state index contributed by atoms with van der Waals surface area (Å²) in [4.78, 5) is 29.2. The lowest BCUT2D eigenvalue weighted by molar-refractivity contribution is 0.0526. The summed E-state index contributed by atoms with van der Waals surface area (Å²) < 4.78 is 6.88. The topological polar surface area (TPSA) is 73.2 Å². The van der Waals surface area contributed by atoms with Crippen LogP contribution in [-0.2, 0) is 17.7 Å². The van der Waals surface area contributed by atoms with E-state index in [1.165, 1.54) is 0 Å². The summed E-state index contributed by atoms with van der Waals surface area (Å²) in [5.74, 6) is 0.761. The summed E-state index contributed by atoms with van der Waals surface area (Å²) in [6.45, 7) is 8.23. The smallest absolute Gasteiger partial charge is 0.407 e. The molecule has 1 aromatic carbocycles. The minimum Gasteiger partial charge on any atom is -0.444 e. The molecule has 0 bridgehead atoms. The Morgan fingerprint density at radius 1 is 1.28 bits per heavy atom. The van der Waals surface area contributed by atoms with Crippen LogP contribution in [0.4, 0.5) is 4.79 Å². The van der Waals surface area contributed by atoms with Gasteiger partial charge in [0.1, 0.15) is 11.4 Å². The van der Waals surface area contributed by atoms with Crippen molar-refractivity contribution in [2.45, 2.75) is 59.1 Å². The zero-order chi connectivity index (χ0) is 18.4. The average molecular weight is 345 g/mol. The van der Waals surface area contributed by atoms with Gasteiger partial charge in [0, 0.05) is 19.5 Å². The van der Waals surface area contributed by atoms with Crippen molar-refractivity contribution in [2.75, 3.05) is 6.54 Å². The molecule has 25 heavy (non-hydrogen) atoms. The minimum absolute atomic E-state index is 0.0670. The number of nitrogens with one attached hydrogen (secondary N) is 1. The van der Waals surface area contributed by atoms with Crippen LogP contribution in [0.1, 0.15) is 46.4 Å². The van der Waals surface area contributed by atoms with E-state index in [0.717, 1.165) is 30.6 Å². The number of hydrogen-bond acceptors (Lipinski definition) is 4. The fraction of sp³-hybridized carbons (Fsp3) is 0.526. The normalized spacial score (nSPS) is 11.5. The molecule has 0 spiro atoms. The fourth-order valence-electron chi connectivity index (χ4n) is 2.55. The molecule has 0 aliphatic rings. The number of hydrogen-bond donors (Lipinski definition) is 1. The SMILES string of the molecule is CCCCc1nc2ccccc2c(=O)n1CCNC(=O)OC(C)(C)C. The summed E-state index contributed by atoms with van der Waals surface area (Å²) in [6, 6.07) is 7.36. The number of aryl methyl sites for hydroxylation is 1. The monoisotopic (exact) mass is 345 g/mol. The zero-order valence-electron chi connectivity index (χ0n) is 15.5. The molecule has 0 unspecified atom stereocenters. The van der Waals surface area contributed by atoms with Crippen molar-refractivity contribution in [1.82, 2.24) is 14.9 Å². The van der Waals surface area contributed by atoms with E-state index in [0.29, 0.717) is 18.5 Å². The van der Waals surface area contributed by atoms with Crippen LogP contribution < -0.4 is 10.9 Å². The highest BCUT2D eigenvalue weighted by Crippen LogP contribution is 2.10. The largest absolute Gasteiger partial charge is 0.444 e. The number of amides is 1. The molecule has 136 valence electrons.